The van der Waals surface area contributed by atoms with Gasteiger partial charge in [0.1, 0.15) is 23.9 Å². The van der Waals surface area contributed by atoms with E-state index in [0.717, 1.165) is 12.1 Å². The molecule has 13 nitrogen and oxygen atoms in total. The maximum atomic E-state index is 14.8. The predicted octanol–water partition coefficient (Wildman–Crippen LogP) is 8.14. The quantitative estimate of drug-likeness (QED) is 0.0375. The Labute approximate surface area is 342 Å². The van der Waals surface area contributed by atoms with Crippen LogP contribution in [0.1, 0.15) is 54.1 Å². The van der Waals surface area contributed by atoms with Crippen molar-refractivity contribution in [3.8, 4) is 16.9 Å². The number of aliphatic hydroxyl groups is 1. The van der Waals surface area contributed by atoms with Crippen molar-refractivity contribution in [2.75, 3.05) is 19.8 Å². The van der Waals surface area contributed by atoms with Crippen molar-refractivity contribution >= 4 is 55.0 Å². The number of benzene rings is 4. The zero-order chi connectivity index (χ0) is 42.6. The van der Waals surface area contributed by atoms with Crippen LogP contribution < -0.4 is 9.46 Å². The van der Waals surface area contributed by atoms with Gasteiger partial charge in [-0.25, -0.2) is 31.1 Å². The summed E-state index contributed by atoms with van der Waals surface area (Å²) in [4.78, 5) is 24.2. The Morgan fingerprint density at radius 3 is 2.51 bits per heavy atom. The lowest BCUT2D eigenvalue weighted by Crippen LogP contribution is -2.25. The number of aliphatic hydroxyl groups excluding tert-OH is 1. The molecule has 4 aromatic carbocycles. The van der Waals surface area contributed by atoms with Crippen LogP contribution in [0.2, 0.25) is 5.02 Å². The molecule has 0 atom stereocenters. The average Bonchev–Trinajstić information content (AvgIpc) is 3.70. The molecule has 2 aromatic heterocycles. The largest absolute Gasteiger partial charge is 0.493 e. The summed E-state index contributed by atoms with van der Waals surface area (Å²) in [7, 11) is -2.84. The molecule has 0 saturated carbocycles. The van der Waals surface area contributed by atoms with Crippen molar-refractivity contribution in [1.29, 1.82) is 0 Å². The van der Waals surface area contributed by atoms with Crippen LogP contribution in [0.3, 0.4) is 0 Å². The molecule has 0 aliphatic rings. The van der Waals surface area contributed by atoms with Gasteiger partial charge in [0.15, 0.2) is 4.90 Å². The van der Waals surface area contributed by atoms with E-state index >= 15 is 0 Å². The molecule has 2 heterocycles. The Hall–Kier alpha value is -5.49. The lowest BCUT2D eigenvalue weighted by molar-refractivity contribution is -0.387. The molecule has 0 radical (unpaired) electrons. The molecule has 6 aromatic rings. The van der Waals surface area contributed by atoms with Crippen molar-refractivity contribution in [3.63, 3.8) is 0 Å². The molecule has 0 aliphatic carbocycles. The first-order valence-electron chi connectivity index (χ1n) is 18.7. The highest BCUT2D eigenvalue weighted by Crippen LogP contribution is 2.43. The second-order valence-corrected chi connectivity index (χ2v) is 15.8. The van der Waals surface area contributed by atoms with Gasteiger partial charge in [0.25, 0.3) is 11.6 Å². The number of halogens is 4. The highest BCUT2D eigenvalue weighted by molar-refractivity contribution is 7.89. The van der Waals surface area contributed by atoms with E-state index in [0.29, 0.717) is 51.6 Å². The van der Waals surface area contributed by atoms with Gasteiger partial charge in [0.05, 0.1) is 40.9 Å². The van der Waals surface area contributed by atoms with E-state index in [4.69, 9.17) is 21.1 Å². The molecule has 0 fully saturated rings. The first kappa shape index (κ1) is 43.1. The normalized spacial score (nSPS) is 12.1. The number of nitro benzene ring substituents is 1. The number of para-hydroxylation sites is 1. The van der Waals surface area contributed by atoms with Crippen LogP contribution in [0.15, 0.2) is 77.7 Å². The Kier molecular flexibility index (Phi) is 13.0. The third kappa shape index (κ3) is 8.93. The summed E-state index contributed by atoms with van der Waals surface area (Å²) in [5.41, 5.74) is 1.46. The second-order valence-electron chi connectivity index (χ2n) is 13.7. The van der Waals surface area contributed by atoms with E-state index in [2.05, 4.69) is 9.82 Å². The summed E-state index contributed by atoms with van der Waals surface area (Å²) in [6.45, 7) is 1.21. The van der Waals surface area contributed by atoms with Gasteiger partial charge < -0.3 is 19.1 Å². The van der Waals surface area contributed by atoms with Crippen LogP contribution in [0, 0.1) is 15.9 Å². The lowest BCUT2D eigenvalue weighted by atomic mass is 9.97. The fourth-order valence-electron chi connectivity index (χ4n) is 7.29. The van der Waals surface area contributed by atoms with Crippen molar-refractivity contribution in [2.24, 2.45) is 7.05 Å². The summed E-state index contributed by atoms with van der Waals surface area (Å²) in [6, 6.07) is 17.7. The van der Waals surface area contributed by atoms with Crippen LogP contribution in [-0.2, 0) is 47.7 Å². The number of rotatable bonds is 18. The molecule has 0 saturated heterocycles. The number of sulfonamides is 1. The van der Waals surface area contributed by atoms with Crippen molar-refractivity contribution in [1.82, 2.24) is 19.1 Å². The van der Waals surface area contributed by atoms with E-state index in [9.17, 15) is 41.6 Å². The van der Waals surface area contributed by atoms with Crippen molar-refractivity contribution in [3.05, 3.63) is 116 Å². The molecule has 2 N–H and O–H groups in total. The molecule has 312 valence electrons. The van der Waals surface area contributed by atoms with E-state index < -0.39 is 69.4 Å². The summed E-state index contributed by atoms with van der Waals surface area (Å²) in [5.74, 6) is -4.19. The summed E-state index contributed by atoms with van der Waals surface area (Å²) < 4.78 is 87.5. The maximum absolute atomic E-state index is 14.8. The topological polar surface area (TPSA) is 168 Å². The number of hydrogen-bond acceptors (Lipinski definition) is 9. The molecule has 0 bridgehead atoms. The summed E-state index contributed by atoms with van der Waals surface area (Å²) >= 11 is 7.02. The van der Waals surface area contributed by atoms with Gasteiger partial charge in [0, 0.05) is 53.7 Å². The van der Waals surface area contributed by atoms with Crippen molar-refractivity contribution < 1.29 is 45.9 Å². The zero-order valence-electron chi connectivity index (χ0n) is 32.3. The van der Waals surface area contributed by atoms with Crippen LogP contribution in [0.5, 0.6) is 5.75 Å². The van der Waals surface area contributed by atoms with Gasteiger partial charge in [-0.15, -0.1) is 0 Å². The minimum Gasteiger partial charge on any atom is -0.493 e. The van der Waals surface area contributed by atoms with Gasteiger partial charge in [-0.05, 0) is 73.5 Å². The number of alkyl halides is 2. The van der Waals surface area contributed by atoms with E-state index in [1.165, 1.54) is 33.5 Å². The number of carbonyl (C=O) groups is 1. The molecular weight excluding hydrogens is 815 g/mol. The maximum Gasteiger partial charge on any atom is 0.355 e. The number of nitro groups is 1. The fraction of sp³-hybridized carbons (Fsp3) is 0.317. The van der Waals surface area contributed by atoms with Crippen LogP contribution >= 0.6 is 11.6 Å². The van der Waals surface area contributed by atoms with Gasteiger partial charge in [-0.3, -0.25) is 14.8 Å². The number of nitrogens with zero attached hydrogens (tertiary/aromatic N) is 4. The summed E-state index contributed by atoms with van der Waals surface area (Å²) in [5, 5.41) is 27.7. The monoisotopic (exact) mass is 855 g/mol. The minimum atomic E-state index is -4.48. The van der Waals surface area contributed by atoms with Crippen molar-refractivity contribution in [2.45, 2.75) is 63.4 Å². The third-order valence-corrected chi connectivity index (χ3v) is 11.7. The van der Waals surface area contributed by atoms with Crippen LogP contribution in [0.4, 0.5) is 18.9 Å². The Bertz CT molecular complexity index is 2670. The molecule has 0 spiro atoms. The number of ether oxygens (including phenoxy) is 2. The number of fused-ring (bicyclic) bond motifs is 2. The third-order valence-electron chi connectivity index (χ3n) is 9.91. The van der Waals surface area contributed by atoms with Crippen LogP contribution in [0.25, 0.3) is 32.8 Å². The smallest absolute Gasteiger partial charge is 0.355 e. The van der Waals surface area contributed by atoms with Gasteiger partial charge in [0.2, 0.25) is 10.0 Å². The van der Waals surface area contributed by atoms with E-state index in [1.807, 2.05) is 6.92 Å². The standard InChI is InChI=1S/C41H41ClF3N5O8S/c1-4-32-37(31(47-48(32)3)23-46-59(55,56)35-14-7-6-12-33(35)50(53)54)36-30(42)18-17-29-28(11-9-21-58-34-13-8-10-25-22-26(43)15-16-27(25)34)39(40(52)57-5-2)49(38(29)36)20-19-41(44,45)24-51/h6-8,10,12-18,22,46,51H,4-5,9,11,19-21,23-24H2,1-3H3. The zero-order valence-corrected chi connectivity index (χ0v) is 33.9. The second kappa shape index (κ2) is 17.8. The molecular formula is C41H41ClF3N5O8S. The lowest BCUT2D eigenvalue weighted by Gasteiger charge is -2.18. The molecule has 6 rings (SSSR count). The average molecular weight is 856 g/mol. The molecule has 59 heavy (non-hydrogen) atoms. The van der Waals surface area contributed by atoms with Crippen LogP contribution in [-0.4, -0.2) is 64.5 Å². The molecule has 0 aliphatic heterocycles. The van der Waals surface area contributed by atoms with E-state index in [-0.39, 0.29) is 47.1 Å². The van der Waals surface area contributed by atoms with E-state index in [1.54, 1.807) is 50.4 Å². The number of hydrogen-bond donors (Lipinski definition) is 2. The molecule has 18 heteroatoms. The van der Waals surface area contributed by atoms with Gasteiger partial charge >= 0.3 is 5.97 Å². The van der Waals surface area contributed by atoms with Gasteiger partial charge in [-0.2, -0.15) is 5.10 Å². The highest BCUT2D eigenvalue weighted by atomic mass is 35.5. The Balaban J connectivity index is 1.48. The molecule has 0 amide bonds. The first-order valence-corrected chi connectivity index (χ1v) is 20.6. The first-order chi connectivity index (χ1) is 28.1. The number of esters is 1. The molecule has 0 unspecified atom stereocenters. The Morgan fingerprint density at radius 1 is 1.05 bits per heavy atom. The minimum absolute atomic E-state index is 0.0136. The SMILES string of the molecule is CCOC(=O)c1c(CCCOc2cccc3cc(F)ccc23)c2ccc(Cl)c(-c3c(CNS(=O)(=O)c4ccccc4[N+](=O)[O-])nn(C)c3CC)c2n1CCC(F)(F)CO. The summed E-state index contributed by atoms with van der Waals surface area (Å²) in [6.07, 6.45) is 0.0118. The van der Waals surface area contributed by atoms with Gasteiger partial charge in [-0.1, -0.05) is 48.9 Å². The predicted molar refractivity (Wildman–Crippen MR) is 216 cm³/mol. The number of aromatic nitrogens is 3. The number of aryl methyl sites for hydroxylation is 3. The fourth-order valence-corrected chi connectivity index (χ4v) is 8.70. The number of nitrogens with one attached hydrogen (secondary N) is 1. The Morgan fingerprint density at radius 2 is 1.80 bits per heavy atom. The highest BCUT2D eigenvalue weighted by Gasteiger charge is 2.33. The number of carbonyl (C=O) groups excluding carboxylic acids is 1.